The Morgan fingerprint density at radius 2 is 1.62 bits per heavy atom. The van der Waals surface area contributed by atoms with Gasteiger partial charge < -0.3 is 16.0 Å². The Hall–Kier alpha value is -2.04. The monoisotopic (exact) mass is 329 g/mol. The molecule has 0 spiro atoms. The van der Waals surface area contributed by atoms with Crippen molar-refractivity contribution in [3.05, 3.63) is 35.9 Å². The van der Waals surface area contributed by atoms with Crippen molar-refractivity contribution < 1.29 is 9.59 Å². The van der Waals surface area contributed by atoms with Crippen LogP contribution in [0.4, 0.5) is 4.79 Å². The van der Waals surface area contributed by atoms with E-state index in [0.29, 0.717) is 24.6 Å². The van der Waals surface area contributed by atoms with Crippen molar-refractivity contribution in [3.8, 4) is 0 Å². The summed E-state index contributed by atoms with van der Waals surface area (Å²) in [7, 11) is 0. The maximum atomic E-state index is 11.8. The van der Waals surface area contributed by atoms with Crippen LogP contribution in [-0.4, -0.2) is 31.6 Å². The smallest absolute Gasteiger partial charge is 0.314 e. The molecular weight excluding hydrogens is 302 g/mol. The van der Waals surface area contributed by atoms with Crippen molar-refractivity contribution in [2.45, 2.75) is 32.1 Å². The van der Waals surface area contributed by atoms with E-state index in [0.717, 1.165) is 18.4 Å². The molecule has 2 aliphatic rings. The average Bonchev–Trinajstić information content (AvgIpc) is 2.52. The fourth-order valence-electron chi connectivity index (χ4n) is 3.59. The van der Waals surface area contributed by atoms with Gasteiger partial charge in [0.1, 0.15) is 0 Å². The quantitative estimate of drug-likeness (QED) is 0.673. The molecule has 5 heteroatoms. The average molecular weight is 329 g/mol. The molecule has 1 aromatic rings. The van der Waals surface area contributed by atoms with Crippen molar-refractivity contribution in [1.82, 2.24) is 16.0 Å². The number of benzene rings is 1. The SMILES string of the molecule is O=C(NCCNC(=O)c1ccccc1)NCC1CC(C2CCC2)C1. The van der Waals surface area contributed by atoms with Gasteiger partial charge in [-0.1, -0.05) is 37.5 Å². The van der Waals surface area contributed by atoms with Crippen molar-refractivity contribution in [1.29, 1.82) is 0 Å². The molecule has 1 aromatic carbocycles. The fourth-order valence-corrected chi connectivity index (χ4v) is 3.59. The molecule has 0 radical (unpaired) electrons. The van der Waals surface area contributed by atoms with Crippen LogP contribution >= 0.6 is 0 Å². The van der Waals surface area contributed by atoms with E-state index in [1.807, 2.05) is 18.2 Å². The zero-order valence-electron chi connectivity index (χ0n) is 14.1. The highest BCUT2D eigenvalue weighted by Gasteiger charge is 2.37. The van der Waals surface area contributed by atoms with Crippen LogP contribution in [0.5, 0.6) is 0 Å². The zero-order valence-corrected chi connectivity index (χ0v) is 14.1. The molecule has 3 N–H and O–H groups in total. The molecule has 0 atom stereocenters. The third-order valence-corrected chi connectivity index (χ3v) is 5.37. The number of urea groups is 1. The van der Waals surface area contributed by atoms with Gasteiger partial charge in [-0.05, 0) is 42.7 Å². The van der Waals surface area contributed by atoms with Crippen LogP contribution in [0.25, 0.3) is 0 Å². The van der Waals surface area contributed by atoms with Crippen molar-refractivity contribution >= 4 is 11.9 Å². The maximum absolute atomic E-state index is 11.8. The first-order valence-electron chi connectivity index (χ1n) is 9.07. The van der Waals surface area contributed by atoms with Gasteiger partial charge in [-0.3, -0.25) is 4.79 Å². The Kier molecular flexibility index (Phi) is 5.72. The molecule has 5 nitrogen and oxygen atoms in total. The summed E-state index contributed by atoms with van der Waals surface area (Å²) >= 11 is 0. The van der Waals surface area contributed by atoms with Crippen LogP contribution in [0.3, 0.4) is 0 Å². The van der Waals surface area contributed by atoms with Crippen molar-refractivity contribution in [2.75, 3.05) is 19.6 Å². The third-order valence-electron chi connectivity index (χ3n) is 5.37. The standard InChI is InChI=1S/C19H27N3O2/c23-18(16-5-2-1-3-6-16)20-9-10-21-19(24)22-13-14-11-17(12-14)15-7-4-8-15/h1-3,5-6,14-15,17H,4,7-13H2,(H,20,23)(H2,21,22,24). The molecule has 3 amide bonds. The number of carbonyl (C=O) groups is 2. The number of carbonyl (C=O) groups excluding carboxylic acids is 2. The molecule has 24 heavy (non-hydrogen) atoms. The van der Waals surface area contributed by atoms with Gasteiger partial charge in [0.15, 0.2) is 0 Å². The summed E-state index contributed by atoms with van der Waals surface area (Å²) in [5, 5.41) is 8.51. The number of rotatable bonds is 7. The van der Waals surface area contributed by atoms with E-state index in [4.69, 9.17) is 0 Å². The van der Waals surface area contributed by atoms with Crippen molar-refractivity contribution in [2.24, 2.45) is 17.8 Å². The summed E-state index contributed by atoms with van der Waals surface area (Å²) in [5.74, 6) is 2.43. The van der Waals surface area contributed by atoms with Gasteiger partial charge in [-0.25, -0.2) is 4.79 Å². The van der Waals surface area contributed by atoms with Crippen LogP contribution < -0.4 is 16.0 Å². The van der Waals surface area contributed by atoms with E-state index in [2.05, 4.69) is 16.0 Å². The van der Waals surface area contributed by atoms with Gasteiger partial charge in [0.25, 0.3) is 5.91 Å². The predicted octanol–water partition coefficient (Wildman–Crippen LogP) is 2.54. The van der Waals surface area contributed by atoms with Gasteiger partial charge in [-0.2, -0.15) is 0 Å². The highest BCUT2D eigenvalue weighted by Crippen LogP contribution is 2.46. The number of nitrogens with one attached hydrogen (secondary N) is 3. The molecule has 2 aliphatic carbocycles. The summed E-state index contributed by atoms with van der Waals surface area (Å²) in [5.41, 5.74) is 0.632. The molecule has 3 rings (SSSR count). The lowest BCUT2D eigenvalue weighted by molar-refractivity contribution is 0.0749. The lowest BCUT2D eigenvalue weighted by atomic mass is 9.62. The Morgan fingerprint density at radius 3 is 2.29 bits per heavy atom. The maximum Gasteiger partial charge on any atom is 0.314 e. The van der Waals surface area contributed by atoms with E-state index in [1.165, 1.54) is 32.1 Å². The van der Waals surface area contributed by atoms with Gasteiger partial charge in [-0.15, -0.1) is 0 Å². The first kappa shape index (κ1) is 16.8. The van der Waals surface area contributed by atoms with Crippen LogP contribution in [-0.2, 0) is 0 Å². The van der Waals surface area contributed by atoms with E-state index in [1.54, 1.807) is 12.1 Å². The molecule has 130 valence electrons. The number of hydrogen-bond donors (Lipinski definition) is 3. The number of hydrogen-bond acceptors (Lipinski definition) is 2. The Labute approximate surface area is 143 Å². The fraction of sp³-hybridized carbons (Fsp3) is 0.579. The summed E-state index contributed by atoms with van der Waals surface area (Å²) in [6.45, 7) is 1.62. The van der Waals surface area contributed by atoms with Crippen molar-refractivity contribution in [3.63, 3.8) is 0 Å². The Morgan fingerprint density at radius 1 is 0.917 bits per heavy atom. The van der Waals surface area contributed by atoms with Crippen LogP contribution in [0.1, 0.15) is 42.5 Å². The van der Waals surface area contributed by atoms with E-state index >= 15 is 0 Å². The first-order valence-corrected chi connectivity index (χ1v) is 9.07. The third kappa shape index (κ3) is 4.49. The Balaban J connectivity index is 1.21. The molecule has 0 aliphatic heterocycles. The molecule has 2 saturated carbocycles. The highest BCUT2D eigenvalue weighted by molar-refractivity contribution is 5.94. The Bertz CT molecular complexity index is 551. The summed E-state index contributed by atoms with van der Waals surface area (Å²) in [4.78, 5) is 23.6. The molecule has 0 aromatic heterocycles. The van der Waals surface area contributed by atoms with E-state index < -0.39 is 0 Å². The lowest BCUT2D eigenvalue weighted by Gasteiger charge is -2.44. The summed E-state index contributed by atoms with van der Waals surface area (Å²) < 4.78 is 0. The van der Waals surface area contributed by atoms with Gasteiger partial charge in [0, 0.05) is 25.2 Å². The molecule has 2 fully saturated rings. The minimum atomic E-state index is -0.143. The molecule has 0 saturated heterocycles. The second-order valence-corrected chi connectivity index (χ2v) is 7.05. The van der Waals surface area contributed by atoms with Gasteiger partial charge >= 0.3 is 6.03 Å². The second kappa shape index (κ2) is 8.18. The molecule has 0 unspecified atom stereocenters. The predicted molar refractivity (Wildman–Crippen MR) is 93.7 cm³/mol. The van der Waals surface area contributed by atoms with Crippen LogP contribution in [0, 0.1) is 17.8 Å². The molecule has 0 heterocycles. The van der Waals surface area contributed by atoms with Gasteiger partial charge in [0.05, 0.1) is 0 Å². The molecular formula is C19H27N3O2. The van der Waals surface area contributed by atoms with Crippen LogP contribution in [0.15, 0.2) is 30.3 Å². The minimum Gasteiger partial charge on any atom is -0.350 e. The number of amides is 3. The lowest BCUT2D eigenvalue weighted by Crippen LogP contribution is -2.44. The normalized spacial score (nSPS) is 22.8. The zero-order chi connectivity index (χ0) is 16.8. The summed E-state index contributed by atoms with van der Waals surface area (Å²) in [6.07, 6.45) is 6.80. The summed E-state index contributed by atoms with van der Waals surface area (Å²) in [6, 6.07) is 8.93. The second-order valence-electron chi connectivity index (χ2n) is 7.05. The highest BCUT2D eigenvalue weighted by atomic mass is 16.2. The first-order chi connectivity index (χ1) is 11.7. The van der Waals surface area contributed by atoms with Gasteiger partial charge in [0.2, 0.25) is 0 Å². The molecule has 0 bridgehead atoms. The van der Waals surface area contributed by atoms with E-state index in [-0.39, 0.29) is 11.9 Å². The topological polar surface area (TPSA) is 70.2 Å². The minimum absolute atomic E-state index is 0.116. The van der Waals surface area contributed by atoms with Crippen LogP contribution in [0.2, 0.25) is 0 Å². The largest absolute Gasteiger partial charge is 0.350 e. The van der Waals surface area contributed by atoms with E-state index in [9.17, 15) is 9.59 Å².